The Morgan fingerprint density at radius 2 is 1.24 bits per heavy atom. The average Bonchev–Trinajstić information content (AvgIpc) is 2.66. The molecule has 0 spiro atoms. The van der Waals surface area contributed by atoms with E-state index in [-0.39, 0.29) is 23.2 Å². The second-order valence-corrected chi connectivity index (χ2v) is 7.33. The summed E-state index contributed by atoms with van der Waals surface area (Å²) in [6.45, 7) is 6.06. The number of carboxylic acid groups (broad SMARTS) is 1. The maximum absolute atomic E-state index is 12.7. The van der Waals surface area contributed by atoms with Crippen molar-refractivity contribution in [3.8, 4) is 11.5 Å². The molecule has 0 aromatic heterocycles. The van der Waals surface area contributed by atoms with Crippen LogP contribution in [0.5, 0.6) is 11.5 Å². The Hall–Kier alpha value is -2.95. The van der Waals surface area contributed by atoms with Gasteiger partial charge < -0.3 is 19.7 Å². The number of aromatic carboxylic acids is 1. The van der Waals surface area contributed by atoms with Gasteiger partial charge in [-0.05, 0) is 63.6 Å². The predicted octanol–water partition coefficient (Wildman–Crippen LogP) is 6.18. The fourth-order valence-electron chi connectivity index (χ4n) is 2.49. The fraction of sp³-hybridized carbons (Fsp3) is 0.409. The zero-order valence-corrected chi connectivity index (χ0v) is 18.2. The van der Waals surface area contributed by atoms with Crippen molar-refractivity contribution in [2.75, 3.05) is 0 Å². The summed E-state index contributed by atoms with van der Waals surface area (Å²) in [5, 5.41) is 17.4. The lowest BCUT2D eigenvalue weighted by atomic mass is 10.1. The highest BCUT2D eigenvalue weighted by molar-refractivity contribution is 5.88. The number of rotatable bonds is 6. The second-order valence-electron chi connectivity index (χ2n) is 7.33. The summed E-state index contributed by atoms with van der Waals surface area (Å²) in [4.78, 5) is 10.6. The van der Waals surface area contributed by atoms with Crippen molar-refractivity contribution in [1.82, 2.24) is 0 Å². The van der Waals surface area contributed by atoms with Gasteiger partial charge >= 0.3 is 18.3 Å². The van der Waals surface area contributed by atoms with E-state index in [9.17, 15) is 31.1 Å². The monoisotopic (exact) mass is 482 g/mol. The molecule has 0 heterocycles. The van der Waals surface area contributed by atoms with Gasteiger partial charge in [-0.25, -0.2) is 4.79 Å². The van der Waals surface area contributed by atoms with Crippen LogP contribution in [0.4, 0.5) is 26.3 Å². The van der Waals surface area contributed by atoms with Crippen molar-refractivity contribution >= 4 is 5.97 Å². The number of benzene rings is 2. The van der Waals surface area contributed by atoms with Crippen LogP contribution in [0.15, 0.2) is 36.4 Å². The summed E-state index contributed by atoms with van der Waals surface area (Å²) >= 11 is 0. The third-order valence-electron chi connectivity index (χ3n) is 3.79. The first-order chi connectivity index (χ1) is 15.1. The average molecular weight is 482 g/mol. The van der Waals surface area contributed by atoms with Crippen LogP contribution in [-0.2, 0) is 19.0 Å². The first kappa shape index (κ1) is 28.1. The third kappa shape index (κ3) is 8.83. The Kier molecular flexibility index (Phi) is 9.58. The molecule has 0 amide bonds. The smallest absolute Gasteiger partial charge is 0.419 e. The Balaban J connectivity index is 0.000000331. The van der Waals surface area contributed by atoms with Crippen LogP contribution in [-0.4, -0.2) is 28.4 Å². The normalized spacial score (nSPS) is 11.8. The molecular formula is C22H24F6O5. The molecule has 0 atom stereocenters. The highest BCUT2D eigenvalue weighted by Gasteiger charge is 2.36. The van der Waals surface area contributed by atoms with E-state index < -0.39 is 47.7 Å². The van der Waals surface area contributed by atoms with Crippen LogP contribution in [0.2, 0.25) is 0 Å². The highest BCUT2D eigenvalue weighted by atomic mass is 19.4. The molecule has 33 heavy (non-hydrogen) atoms. The van der Waals surface area contributed by atoms with Crippen LogP contribution < -0.4 is 9.47 Å². The molecule has 0 unspecified atom stereocenters. The molecule has 0 fully saturated rings. The van der Waals surface area contributed by atoms with Gasteiger partial charge in [-0.15, -0.1) is 0 Å². The molecule has 0 bridgehead atoms. The number of aliphatic hydroxyl groups is 1. The van der Waals surface area contributed by atoms with E-state index in [2.05, 4.69) is 0 Å². The molecule has 2 aromatic rings. The van der Waals surface area contributed by atoms with E-state index in [1.54, 1.807) is 27.7 Å². The molecule has 184 valence electrons. The van der Waals surface area contributed by atoms with Gasteiger partial charge in [-0.3, -0.25) is 0 Å². The quantitative estimate of drug-likeness (QED) is 0.481. The van der Waals surface area contributed by atoms with Gasteiger partial charge in [-0.2, -0.15) is 26.3 Å². The van der Waals surface area contributed by atoms with Crippen molar-refractivity contribution in [2.45, 2.75) is 58.9 Å². The summed E-state index contributed by atoms with van der Waals surface area (Å²) < 4.78 is 86.0. The molecule has 0 aliphatic heterocycles. The van der Waals surface area contributed by atoms with E-state index in [1.165, 1.54) is 12.1 Å². The van der Waals surface area contributed by atoms with Crippen molar-refractivity contribution < 1.29 is 50.8 Å². The second kappa shape index (κ2) is 11.3. The zero-order valence-electron chi connectivity index (χ0n) is 18.2. The minimum Gasteiger partial charge on any atom is -0.490 e. The molecule has 0 aliphatic rings. The van der Waals surface area contributed by atoms with Crippen molar-refractivity contribution in [3.63, 3.8) is 0 Å². The number of ether oxygens (including phenoxy) is 2. The largest absolute Gasteiger partial charge is 0.490 e. The van der Waals surface area contributed by atoms with Gasteiger partial charge in [0.2, 0.25) is 0 Å². The number of carbonyl (C=O) groups is 1. The summed E-state index contributed by atoms with van der Waals surface area (Å²) in [5.74, 6) is -1.98. The van der Waals surface area contributed by atoms with Crippen LogP contribution >= 0.6 is 0 Å². The molecule has 2 rings (SSSR count). The van der Waals surface area contributed by atoms with Gasteiger partial charge in [0.1, 0.15) is 11.5 Å². The predicted molar refractivity (Wildman–Crippen MR) is 107 cm³/mol. The van der Waals surface area contributed by atoms with E-state index in [0.717, 1.165) is 18.2 Å². The van der Waals surface area contributed by atoms with Crippen LogP contribution in [0.3, 0.4) is 0 Å². The number of alkyl halides is 6. The van der Waals surface area contributed by atoms with Gasteiger partial charge in [-0.1, -0.05) is 6.07 Å². The number of aliphatic hydroxyl groups excluding tert-OH is 1. The first-order valence-electron chi connectivity index (χ1n) is 9.65. The number of hydrogen-bond donors (Lipinski definition) is 2. The van der Waals surface area contributed by atoms with Crippen LogP contribution in [0.1, 0.15) is 54.7 Å². The lowest BCUT2D eigenvalue weighted by Gasteiger charge is -2.16. The lowest BCUT2D eigenvalue weighted by molar-refractivity contribution is -0.140. The number of carboxylic acids is 1. The molecule has 2 N–H and O–H groups in total. The highest BCUT2D eigenvalue weighted by Crippen LogP contribution is 2.38. The number of hydrogen-bond acceptors (Lipinski definition) is 4. The van der Waals surface area contributed by atoms with Crippen LogP contribution in [0.25, 0.3) is 0 Å². The number of halogens is 6. The molecule has 0 aliphatic carbocycles. The maximum atomic E-state index is 12.7. The van der Waals surface area contributed by atoms with E-state index in [1.807, 2.05) is 0 Å². The topological polar surface area (TPSA) is 76.0 Å². The lowest BCUT2D eigenvalue weighted by Crippen LogP contribution is -2.14. The molecule has 2 aromatic carbocycles. The maximum Gasteiger partial charge on any atom is 0.419 e. The van der Waals surface area contributed by atoms with E-state index >= 15 is 0 Å². The van der Waals surface area contributed by atoms with Crippen molar-refractivity contribution in [2.24, 2.45) is 0 Å². The molecule has 11 heteroatoms. The van der Waals surface area contributed by atoms with E-state index in [0.29, 0.717) is 6.07 Å². The fourth-order valence-corrected chi connectivity index (χ4v) is 2.49. The van der Waals surface area contributed by atoms with Crippen molar-refractivity contribution in [1.29, 1.82) is 0 Å². The first-order valence-corrected chi connectivity index (χ1v) is 9.65. The Morgan fingerprint density at radius 1 is 0.818 bits per heavy atom. The summed E-state index contributed by atoms with van der Waals surface area (Å²) in [6.07, 6.45) is -9.88. The minimum atomic E-state index is -4.64. The van der Waals surface area contributed by atoms with Crippen molar-refractivity contribution in [3.05, 3.63) is 58.7 Å². The van der Waals surface area contributed by atoms with E-state index in [4.69, 9.17) is 19.7 Å². The van der Waals surface area contributed by atoms with Crippen LogP contribution in [0, 0.1) is 0 Å². The molecule has 0 saturated heterocycles. The molecule has 5 nitrogen and oxygen atoms in total. The van der Waals surface area contributed by atoms with Gasteiger partial charge in [0.05, 0.1) is 35.5 Å². The third-order valence-corrected chi connectivity index (χ3v) is 3.79. The molecular weight excluding hydrogens is 458 g/mol. The zero-order chi connectivity index (χ0) is 25.6. The standard InChI is InChI=1S/C11H11F3O3.C11H13F3O2/c1-6(2)17-9-4-3-7(10(15)16)5-8(9)11(12,13)14;1-7(2)16-10-4-3-8(6-15)5-9(10)11(12,13)14/h3-6H,1-2H3,(H,15,16);3-5,7,15H,6H2,1-2H3. The Morgan fingerprint density at radius 3 is 1.61 bits per heavy atom. The summed E-state index contributed by atoms with van der Waals surface area (Å²) in [6, 6.07) is 6.21. The SMILES string of the molecule is CC(C)Oc1ccc(C(=O)O)cc1C(F)(F)F.CC(C)Oc1ccc(CO)cc1C(F)(F)F. The van der Waals surface area contributed by atoms with Gasteiger partial charge in [0.15, 0.2) is 0 Å². The van der Waals surface area contributed by atoms with Gasteiger partial charge in [0.25, 0.3) is 0 Å². The molecule has 0 saturated carbocycles. The summed E-state index contributed by atoms with van der Waals surface area (Å²) in [7, 11) is 0. The Labute approximate surface area is 186 Å². The minimum absolute atomic E-state index is 0.209. The Bertz CT molecular complexity index is 936. The molecule has 0 radical (unpaired) electrons. The van der Waals surface area contributed by atoms with Gasteiger partial charge in [0, 0.05) is 0 Å². The summed E-state index contributed by atoms with van der Waals surface area (Å²) in [5.41, 5.74) is -2.14.